The van der Waals surface area contributed by atoms with Crippen LogP contribution in [0.25, 0.3) is 10.9 Å². The number of nitrogens with one attached hydrogen (secondary N) is 1. The van der Waals surface area contributed by atoms with Crippen LogP contribution in [-0.2, 0) is 6.42 Å². The average molecular weight is 211 g/mol. The van der Waals surface area contributed by atoms with Crippen molar-refractivity contribution in [1.82, 2.24) is 4.98 Å². The van der Waals surface area contributed by atoms with E-state index in [0.717, 1.165) is 22.9 Å². The van der Waals surface area contributed by atoms with E-state index in [2.05, 4.69) is 4.98 Å². The summed E-state index contributed by atoms with van der Waals surface area (Å²) in [6.07, 6.45) is 2.70. The molecular formula is C10H11ClN2O. The zero-order chi connectivity index (χ0) is 10.1. The smallest absolute Gasteiger partial charge is 0.136 e. The number of halogens is 1. The first-order valence-electron chi connectivity index (χ1n) is 4.41. The summed E-state index contributed by atoms with van der Waals surface area (Å²) in [7, 11) is 0. The Labute approximate surface area is 86.5 Å². The van der Waals surface area contributed by atoms with Crippen molar-refractivity contribution in [3.8, 4) is 5.75 Å². The van der Waals surface area contributed by atoms with Crippen LogP contribution in [0.4, 0.5) is 0 Å². The van der Waals surface area contributed by atoms with Crippen molar-refractivity contribution in [2.75, 3.05) is 6.54 Å². The van der Waals surface area contributed by atoms with Crippen LogP contribution in [0.15, 0.2) is 18.3 Å². The largest absolute Gasteiger partial charge is 0.506 e. The molecule has 0 saturated carbocycles. The van der Waals surface area contributed by atoms with Crippen LogP contribution in [0.5, 0.6) is 5.75 Å². The van der Waals surface area contributed by atoms with Gasteiger partial charge in [-0.1, -0.05) is 11.6 Å². The Morgan fingerprint density at radius 2 is 2.21 bits per heavy atom. The van der Waals surface area contributed by atoms with Crippen LogP contribution in [0, 0.1) is 0 Å². The lowest BCUT2D eigenvalue weighted by Crippen LogP contribution is -2.01. The molecule has 2 aromatic rings. The van der Waals surface area contributed by atoms with Gasteiger partial charge < -0.3 is 15.8 Å². The first kappa shape index (κ1) is 9.37. The Bertz CT molecular complexity index is 464. The van der Waals surface area contributed by atoms with E-state index in [-0.39, 0.29) is 5.75 Å². The van der Waals surface area contributed by atoms with Crippen molar-refractivity contribution < 1.29 is 5.11 Å². The molecular weight excluding hydrogens is 200 g/mol. The highest BCUT2D eigenvalue weighted by molar-refractivity contribution is 6.32. The molecule has 3 nitrogen and oxygen atoms in total. The van der Waals surface area contributed by atoms with Crippen LogP contribution >= 0.6 is 11.6 Å². The molecule has 1 aromatic heterocycles. The van der Waals surface area contributed by atoms with Gasteiger partial charge in [0.15, 0.2) is 0 Å². The normalized spacial score (nSPS) is 11.0. The van der Waals surface area contributed by atoms with Crippen LogP contribution < -0.4 is 5.73 Å². The molecule has 0 radical (unpaired) electrons. The second-order valence-corrected chi connectivity index (χ2v) is 3.61. The van der Waals surface area contributed by atoms with Gasteiger partial charge in [0.1, 0.15) is 5.75 Å². The van der Waals surface area contributed by atoms with Crippen molar-refractivity contribution in [1.29, 1.82) is 0 Å². The summed E-state index contributed by atoms with van der Waals surface area (Å²) in [6, 6.07) is 3.38. The number of nitrogens with two attached hydrogens (primary N) is 1. The topological polar surface area (TPSA) is 62.0 Å². The molecule has 0 saturated heterocycles. The van der Waals surface area contributed by atoms with Gasteiger partial charge in [0.2, 0.25) is 0 Å². The summed E-state index contributed by atoms with van der Waals surface area (Å²) >= 11 is 5.82. The number of H-pyrrole nitrogens is 1. The number of aromatic amines is 1. The predicted molar refractivity (Wildman–Crippen MR) is 57.7 cm³/mol. The number of hydrogen-bond acceptors (Lipinski definition) is 2. The summed E-state index contributed by atoms with van der Waals surface area (Å²) in [4.78, 5) is 3.07. The van der Waals surface area contributed by atoms with Gasteiger partial charge in [0, 0.05) is 23.2 Å². The van der Waals surface area contributed by atoms with E-state index in [1.165, 1.54) is 0 Å². The highest BCUT2D eigenvalue weighted by Gasteiger charge is 2.06. The van der Waals surface area contributed by atoms with Crippen molar-refractivity contribution in [3.63, 3.8) is 0 Å². The second-order valence-electron chi connectivity index (χ2n) is 3.20. The summed E-state index contributed by atoms with van der Waals surface area (Å²) in [6.45, 7) is 0.603. The van der Waals surface area contributed by atoms with Gasteiger partial charge in [-0.25, -0.2) is 0 Å². The lowest BCUT2D eigenvalue weighted by molar-refractivity contribution is 0.476. The third-order valence-electron chi connectivity index (χ3n) is 2.25. The number of rotatable bonds is 2. The molecule has 74 valence electrons. The SMILES string of the molecule is NCCc1c[nH]c2cc(O)c(Cl)cc12. The molecule has 4 heteroatoms. The highest BCUT2D eigenvalue weighted by atomic mass is 35.5. The Hall–Kier alpha value is -1.19. The van der Waals surface area contributed by atoms with Gasteiger partial charge >= 0.3 is 0 Å². The van der Waals surface area contributed by atoms with Gasteiger partial charge in [-0.15, -0.1) is 0 Å². The number of aromatic hydroxyl groups is 1. The lowest BCUT2D eigenvalue weighted by Gasteiger charge is -1.99. The van der Waals surface area contributed by atoms with Crippen molar-refractivity contribution in [2.24, 2.45) is 5.73 Å². The number of benzene rings is 1. The van der Waals surface area contributed by atoms with Gasteiger partial charge in [-0.2, -0.15) is 0 Å². The van der Waals surface area contributed by atoms with Crippen molar-refractivity contribution in [3.05, 3.63) is 28.9 Å². The molecule has 1 aromatic carbocycles. The Morgan fingerprint density at radius 3 is 2.93 bits per heavy atom. The Morgan fingerprint density at radius 1 is 1.43 bits per heavy atom. The van der Waals surface area contributed by atoms with E-state index in [9.17, 15) is 5.11 Å². The maximum atomic E-state index is 9.38. The Kier molecular flexibility index (Phi) is 2.35. The van der Waals surface area contributed by atoms with E-state index in [4.69, 9.17) is 17.3 Å². The molecule has 0 aliphatic rings. The lowest BCUT2D eigenvalue weighted by atomic mass is 10.1. The molecule has 0 fully saturated rings. The third-order valence-corrected chi connectivity index (χ3v) is 2.55. The number of hydrogen-bond donors (Lipinski definition) is 3. The van der Waals surface area contributed by atoms with E-state index in [1.807, 2.05) is 6.20 Å². The van der Waals surface area contributed by atoms with E-state index >= 15 is 0 Å². The Balaban J connectivity index is 2.61. The molecule has 0 aliphatic carbocycles. The molecule has 1 heterocycles. The molecule has 0 bridgehead atoms. The van der Waals surface area contributed by atoms with Gasteiger partial charge in [-0.05, 0) is 24.6 Å². The van der Waals surface area contributed by atoms with E-state index in [0.29, 0.717) is 11.6 Å². The molecule has 2 rings (SSSR count). The first-order chi connectivity index (χ1) is 6.72. The zero-order valence-electron chi connectivity index (χ0n) is 7.55. The van der Waals surface area contributed by atoms with Gasteiger partial charge in [0.05, 0.1) is 5.02 Å². The standard InChI is InChI=1S/C10H11ClN2O/c11-8-3-7-6(1-2-12)5-13-9(7)4-10(8)14/h3-5,13-14H,1-2,12H2. The molecule has 0 unspecified atom stereocenters. The number of phenols is 1. The van der Waals surface area contributed by atoms with E-state index in [1.54, 1.807) is 12.1 Å². The monoisotopic (exact) mass is 210 g/mol. The number of aromatic nitrogens is 1. The van der Waals surface area contributed by atoms with Gasteiger partial charge in [0.25, 0.3) is 0 Å². The van der Waals surface area contributed by atoms with Crippen molar-refractivity contribution >= 4 is 22.5 Å². The average Bonchev–Trinajstić information content (AvgIpc) is 2.51. The maximum Gasteiger partial charge on any atom is 0.136 e. The van der Waals surface area contributed by atoms with Crippen molar-refractivity contribution in [2.45, 2.75) is 6.42 Å². The molecule has 14 heavy (non-hydrogen) atoms. The first-order valence-corrected chi connectivity index (χ1v) is 4.78. The molecule has 4 N–H and O–H groups in total. The zero-order valence-corrected chi connectivity index (χ0v) is 8.30. The fraction of sp³-hybridized carbons (Fsp3) is 0.200. The molecule has 0 atom stereocenters. The maximum absolute atomic E-state index is 9.38. The van der Waals surface area contributed by atoms with Gasteiger partial charge in [-0.3, -0.25) is 0 Å². The number of phenolic OH excluding ortho intramolecular Hbond substituents is 1. The molecule has 0 amide bonds. The molecule has 0 aliphatic heterocycles. The fourth-order valence-corrected chi connectivity index (χ4v) is 1.72. The third kappa shape index (κ3) is 1.45. The summed E-state index contributed by atoms with van der Waals surface area (Å²) < 4.78 is 0. The fourth-order valence-electron chi connectivity index (χ4n) is 1.55. The summed E-state index contributed by atoms with van der Waals surface area (Å²) in [5, 5.41) is 10.8. The summed E-state index contributed by atoms with van der Waals surface area (Å²) in [5.41, 5.74) is 7.50. The predicted octanol–water partition coefficient (Wildman–Crippen LogP) is 2.03. The van der Waals surface area contributed by atoms with Crippen LogP contribution in [0.3, 0.4) is 0 Å². The minimum Gasteiger partial charge on any atom is -0.506 e. The minimum atomic E-state index is 0.0975. The quantitative estimate of drug-likeness (QED) is 0.710. The summed E-state index contributed by atoms with van der Waals surface area (Å²) in [5.74, 6) is 0.0975. The second kappa shape index (κ2) is 3.52. The molecule has 0 spiro atoms. The van der Waals surface area contributed by atoms with Crippen LogP contribution in [-0.4, -0.2) is 16.6 Å². The highest BCUT2D eigenvalue weighted by Crippen LogP contribution is 2.30. The van der Waals surface area contributed by atoms with E-state index < -0.39 is 0 Å². The number of fused-ring (bicyclic) bond motifs is 1. The minimum absolute atomic E-state index is 0.0975. The van der Waals surface area contributed by atoms with Crippen LogP contribution in [0.1, 0.15) is 5.56 Å². The van der Waals surface area contributed by atoms with Crippen LogP contribution in [0.2, 0.25) is 5.02 Å².